The van der Waals surface area contributed by atoms with E-state index in [0.29, 0.717) is 0 Å². The average Bonchev–Trinajstić information content (AvgIpc) is 2.43. The number of hydrogen-bond acceptors (Lipinski definition) is 3. The van der Waals surface area contributed by atoms with Crippen molar-refractivity contribution in [3.63, 3.8) is 0 Å². The number of anilines is 1. The molecule has 0 aliphatic heterocycles. The molecule has 2 aromatic rings. The van der Waals surface area contributed by atoms with Crippen molar-refractivity contribution in [3.05, 3.63) is 58.6 Å². The highest BCUT2D eigenvalue weighted by atomic mass is 35.5. The summed E-state index contributed by atoms with van der Waals surface area (Å²) in [5.74, 6) is -1.12. The zero-order chi connectivity index (χ0) is 15.6. The van der Waals surface area contributed by atoms with Gasteiger partial charge in [0.1, 0.15) is 0 Å². The molecule has 0 aliphatic rings. The molecule has 0 saturated heterocycles. The molecule has 2 rings (SSSR count). The first-order chi connectivity index (χ1) is 9.79. The number of sulfonamides is 1. The molecule has 0 amide bonds. The normalized spacial score (nSPS) is 11.1. The average molecular weight is 326 g/mol. The van der Waals surface area contributed by atoms with Crippen LogP contribution in [0.2, 0.25) is 5.02 Å². The third-order valence-corrected chi connectivity index (χ3v) is 4.49. The van der Waals surface area contributed by atoms with Crippen molar-refractivity contribution < 1.29 is 18.3 Å². The monoisotopic (exact) mass is 325 g/mol. The van der Waals surface area contributed by atoms with Gasteiger partial charge in [0.15, 0.2) is 0 Å². The molecule has 5 nitrogen and oxygen atoms in total. The first-order valence-electron chi connectivity index (χ1n) is 5.92. The standard InChI is InChI=1S/C14H12ClNO4S/c1-9-2-7-12(15)13(8-9)16-21(19,20)11-5-3-10(4-6-11)14(17)18/h2-8,16H,1H3,(H,17,18). The summed E-state index contributed by atoms with van der Waals surface area (Å²) in [5.41, 5.74) is 1.15. The van der Waals surface area contributed by atoms with Crippen LogP contribution in [-0.4, -0.2) is 19.5 Å². The van der Waals surface area contributed by atoms with Crippen LogP contribution in [0.25, 0.3) is 0 Å². The minimum Gasteiger partial charge on any atom is -0.478 e. The van der Waals surface area contributed by atoms with Gasteiger partial charge in [-0.3, -0.25) is 4.72 Å². The van der Waals surface area contributed by atoms with Crippen molar-refractivity contribution in [2.75, 3.05) is 4.72 Å². The number of benzene rings is 2. The van der Waals surface area contributed by atoms with Crippen LogP contribution in [-0.2, 0) is 10.0 Å². The lowest BCUT2D eigenvalue weighted by atomic mass is 10.2. The zero-order valence-electron chi connectivity index (χ0n) is 11.0. The predicted molar refractivity (Wildman–Crippen MR) is 80.4 cm³/mol. The molecule has 7 heteroatoms. The maximum Gasteiger partial charge on any atom is 0.335 e. The molecule has 0 heterocycles. The summed E-state index contributed by atoms with van der Waals surface area (Å²) in [4.78, 5) is 10.7. The van der Waals surface area contributed by atoms with Gasteiger partial charge in [-0.15, -0.1) is 0 Å². The highest BCUT2D eigenvalue weighted by molar-refractivity contribution is 7.92. The van der Waals surface area contributed by atoms with Gasteiger partial charge in [0.2, 0.25) is 0 Å². The van der Waals surface area contributed by atoms with E-state index in [1.807, 2.05) is 6.92 Å². The Morgan fingerprint density at radius 2 is 1.76 bits per heavy atom. The lowest BCUT2D eigenvalue weighted by Gasteiger charge is -2.10. The number of rotatable bonds is 4. The largest absolute Gasteiger partial charge is 0.478 e. The SMILES string of the molecule is Cc1ccc(Cl)c(NS(=O)(=O)c2ccc(C(=O)O)cc2)c1. The fourth-order valence-electron chi connectivity index (χ4n) is 1.70. The molecule has 0 spiro atoms. The fourth-order valence-corrected chi connectivity index (χ4v) is 2.99. The van der Waals surface area contributed by atoms with Crippen LogP contribution in [0.3, 0.4) is 0 Å². The van der Waals surface area contributed by atoms with E-state index < -0.39 is 16.0 Å². The Hall–Kier alpha value is -2.05. The molecule has 21 heavy (non-hydrogen) atoms. The first kappa shape index (κ1) is 15.3. The van der Waals surface area contributed by atoms with Crippen LogP contribution in [0.15, 0.2) is 47.4 Å². The number of nitrogens with one attached hydrogen (secondary N) is 1. The topological polar surface area (TPSA) is 83.5 Å². The van der Waals surface area contributed by atoms with E-state index in [0.717, 1.165) is 5.56 Å². The molecule has 110 valence electrons. The lowest BCUT2D eigenvalue weighted by Crippen LogP contribution is -2.13. The van der Waals surface area contributed by atoms with Gasteiger partial charge in [-0.25, -0.2) is 13.2 Å². The van der Waals surface area contributed by atoms with E-state index in [9.17, 15) is 13.2 Å². The Balaban J connectivity index is 2.34. The van der Waals surface area contributed by atoms with Crippen molar-refractivity contribution in [2.24, 2.45) is 0 Å². The number of carbonyl (C=O) groups is 1. The van der Waals surface area contributed by atoms with Crippen molar-refractivity contribution >= 4 is 33.3 Å². The number of aryl methyl sites for hydroxylation is 1. The third-order valence-electron chi connectivity index (χ3n) is 2.78. The smallest absolute Gasteiger partial charge is 0.335 e. The van der Waals surface area contributed by atoms with Gasteiger partial charge in [0.05, 0.1) is 21.2 Å². The Labute approximate surface area is 127 Å². The maximum absolute atomic E-state index is 12.2. The summed E-state index contributed by atoms with van der Waals surface area (Å²) < 4.78 is 26.8. The Kier molecular flexibility index (Phi) is 4.20. The van der Waals surface area contributed by atoms with Gasteiger partial charge >= 0.3 is 5.97 Å². The second kappa shape index (κ2) is 5.75. The second-order valence-corrected chi connectivity index (χ2v) is 6.51. The maximum atomic E-state index is 12.2. The number of carboxylic acids is 1. The molecule has 0 saturated carbocycles. The van der Waals surface area contributed by atoms with Crippen LogP contribution in [0.5, 0.6) is 0 Å². The third kappa shape index (κ3) is 3.53. The van der Waals surface area contributed by atoms with Crippen LogP contribution >= 0.6 is 11.6 Å². The summed E-state index contributed by atoms with van der Waals surface area (Å²) in [5, 5.41) is 9.08. The zero-order valence-corrected chi connectivity index (χ0v) is 12.6. The van der Waals surface area contributed by atoms with E-state index in [1.54, 1.807) is 18.2 Å². The molecule has 0 aromatic heterocycles. The summed E-state index contributed by atoms with van der Waals surface area (Å²) in [6, 6.07) is 9.91. The van der Waals surface area contributed by atoms with Crippen molar-refractivity contribution in [3.8, 4) is 0 Å². The summed E-state index contributed by atoms with van der Waals surface area (Å²) in [6.07, 6.45) is 0. The van der Waals surface area contributed by atoms with E-state index in [4.69, 9.17) is 16.7 Å². The number of carboxylic acid groups (broad SMARTS) is 1. The van der Waals surface area contributed by atoms with Gasteiger partial charge in [-0.05, 0) is 48.9 Å². The van der Waals surface area contributed by atoms with E-state index in [-0.39, 0.29) is 21.2 Å². The van der Waals surface area contributed by atoms with Crippen molar-refractivity contribution in [2.45, 2.75) is 11.8 Å². The molecule has 0 radical (unpaired) electrons. The summed E-state index contributed by atoms with van der Waals surface area (Å²) in [7, 11) is -3.82. The van der Waals surface area contributed by atoms with Gasteiger partial charge in [-0.1, -0.05) is 17.7 Å². The van der Waals surface area contributed by atoms with Gasteiger partial charge < -0.3 is 5.11 Å². The quantitative estimate of drug-likeness (QED) is 0.904. The van der Waals surface area contributed by atoms with E-state index in [2.05, 4.69) is 4.72 Å². The Morgan fingerprint density at radius 1 is 1.14 bits per heavy atom. The van der Waals surface area contributed by atoms with E-state index in [1.165, 1.54) is 24.3 Å². The van der Waals surface area contributed by atoms with E-state index >= 15 is 0 Å². The van der Waals surface area contributed by atoms with Crippen LogP contribution in [0, 0.1) is 6.92 Å². The minimum absolute atomic E-state index is 0.0162. The lowest BCUT2D eigenvalue weighted by molar-refractivity contribution is 0.0697. The predicted octanol–water partition coefficient (Wildman–Crippen LogP) is 3.15. The van der Waals surface area contributed by atoms with Crippen molar-refractivity contribution in [1.29, 1.82) is 0 Å². The minimum atomic E-state index is -3.82. The highest BCUT2D eigenvalue weighted by Crippen LogP contribution is 2.25. The number of hydrogen-bond donors (Lipinski definition) is 2. The molecule has 0 bridgehead atoms. The number of aromatic carboxylic acids is 1. The molecule has 2 aromatic carbocycles. The first-order valence-corrected chi connectivity index (χ1v) is 7.78. The Bertz CT molecular complexity index is 785. The van der Waals surface area contributed by atoms with Crippen molar-refractivity contribution in [1.82, 2.24) is 0 Å². The molecule has 0 fully saturated rings. The molecular weight excluding hydrogens is 314 g/mol. The number of halogens is 1. The summed E-state index contributed by atoms with van der Waals surface area (Å²) >= 11 is 5.95. The molecule has 0 unspecified atom stereocenters. The van der Waals surface area contributed by atoms with Gasteiger partial charge in [-0.2, -0.15) is 0 Å². The molecule has 0 atom stereocenters. The Morgan fingerprint density at radius 3 is 2.33 bits per heavy atom. The summed E-state index contributed by atoms with van der Waals surface area (Å²) in [6.45, 7) is 1.82. The van der Waals surface area contributed by atoms with Gasteiger partial charge in [0.25, 0.3) is 10.0 Å². The second-order valence-electron chi connectivity index (χ2n) is 4.42. The molecule has 2 N–H and O–H groups in total. The van der Waals surface area contributed by atoms with Crippen LogP contribution in [0.4, 0.5) is 5.69 Å². The molecular formula is C14H12ClNO4S. The fraction of sp³-hybridized carbons (Fsp3) is 0.0714. The van der Waals surface area contributed by atoms with Gasteiger partial charge in [0, 0.05) is 0 Å². The molecule has 0 aliphatic carbocycles. The highest BCUT2D eigenvalue weighted by Gasteiger charge is 2.16. The van der Waals surface area contributed by atoms with Crippen LogP contribution in [0.1, 0.15) is 15.9 Å². The van der Waals surface area contributed by atoms with Crippen LogP contribution < -0.4 is 4.72 Å².